The Morgan fingerprint density at radius 3 is 3.00 bits per heavy atom. The third-order valence-electron chi connectivity index (χ3n) is 3.48. The van der Waals surface area contributed by atoms with Gasteiger partial charge in [0.25, 0.3) is 0 Å². The second kappa shape index (κ2) is 5.86. The van der Waals surface area contributed by atoms with Crippen LogP contribution in [0.25, 0.3) is 0 Å². The Labute approximate surface area is 113 Å². The molecule has 1 atom stereocenters. The fourth-order valence-electron chi connectivity index (χ4n) is 2.54. The lowest BCUT2D eigenvalue weighted by molar-refractivity contribution is -0.121. The molecule has 6 heteroatoms. The Hall–Kier alpha value is -1.85. The first-order valence-corrected chi connectivity index (χ1v) is 6.72. The van der Waals surface area contributed by atoms with E-state index in [-0.39, 0.29) is 11.9 Å². The van der Waals surface area contributed by atoms with E-state index in [9.17, 15) is 4.79 Å². The van der Waals surface area contributed by atoms with Crippen LogP contribution in [0.15, 0.2) is 6.33 Å². The van der Waals surface area contributed by atoms with Crippen molar-refractivity contribution in [1.82, 2.24) is 15.3 Å². The Morgan fingerprint density at radius 2 is 2.32 bits per heavy atom. The minimum atomic E-state index is -0.118. The zero-order valence-corrected chi connectivity index (χ0v) is 11.7. The van der Waals surface area contributed by atoms with E-state index in [4.69, 9.17) is 0 Å². The summed E-state index contributed by atoms with van der Waals surface area (Å²) in [4.78, 5) is 22.6. The number of amides is 1. The molecular formula is C13H21N5O. The molecular weight excluding hydrogens is 242 g/mol. The zero-order chi connectivity index (χ0) is 13.8. The third kappa shape index (κ3) is 2.62. The lowest BCUT2D eigenvalue weighted by Crippen LogP contribution is -2.42. The Morgan fingerprint density at radius 1 is 1.53 bits per heavy atom. The van der Waals surface area contributed by atoms with Crippen molar-refractivity contribution < 1.29 is 4.79 Å². The summed E-state index contributed by atoms with van der Waals surface area (Å²) in [6.07, 6.45) is 3.44. The van der Waals surface area contributed by atoms with E-state index >= 15 is 0 Å². The highest BCUT2D eigenvalue weighted by Gasteiger charge is 2.32. The lowest BCUT2D eigenvalue weighted by atomic mass is 10.2. The van der Waals surface area contributed by atoms with Gasteiger partial charge in [-0.05, 0) is 26.7 Å². The average molecular weight is 263 g/mol. The molecule has 6 nitrogen and oxygen atoms in total. The molecule has 1 aromatic heterocycles. The highest BCUT2D eigenvalue weighted by Crippen LogP contribution is 2.29. The Kier molecular flexibility index (Phi) is 4.19. The summed E-state index contributed by atoms with van der Waals surface area (Å²) in [6, 6.07) is -0.118. The summed E-state index contributed by atoms with van der Waals surface area (Å²) in [6.45, 7) is 5.70. The molecule has 1 aliphatic heterocycles. The van der Waals surface area contributed by atoms with Crippen LogP contribution in [-0.4, -0.2) is 42.1 Å². The number of likely N-dealkylation sites (N-methyl/N-ethyl adjacent to an activating group) is 1. The van der Waals surface area contributed by atoms with Crippen LogP contribution < -0.4 is 15.5 Å². The molecule has 0 saturated carbocycles. The number of aromatic nitrogens is 2. The van der Waals surface area contributed by atoms with Gasteiger partial charge in [-0.1, -0.05) is 0 Å². The van der Waals surface area contributed by atoms with E-state index in [1.54, 1.807) is 13.4 Å². The van der Waals surface area contributed by atoms with Gasteiger partial charge >= 0.3 is 0 Å². The van der Waals surface area contributed by atoms with Crippen LogP contribution in [-0.2, 0) is 4.79 Å². The number of anilines is 2. The summed E-state index contributed by atoms with van der Waals surface area (Å²) in [5.41, 5.74) is 1.00. The molecule has 0 aromatic carbocycles. The SMILES string of the molecule is CCNc1ncnc(N2CCCC2C(=O)NC)c1C. The monoisotopic (exact) mass is 263 g/mol. The van der Waals surface area contributed by atoms with Crippen molar-refractivity contribution in [2.24, 2.45) is 0 Å². The van der Waals surface area contributed by atoms with Crippen LogP contribution in [0.4, 0.5) is 11.6 Å². The number of hydrogen-bond donors (Lipinski definition) is 2. The molecule has 1 saturated heterocycles. The smallest absolute Gasteiger partial charge is 0.242 e. The summed E-state index contributed by atoms with van der Waals surface area (Å²) >= 11 is 0. The predicted octanol–water partition coefficient (Wildman–Crippen LogP) is 0.932. The number of carbonyl (C=O) groups excluding carboxylic acids is 1. The second-order valence-electron chi connectivity index (χ2n) is 4.67. The van der Waals surface area contributed by atoms with Crippen molar-refractivity contribution in [3.05, 3.63) is 11.9 Å². The van der Waals surface area contributed by atoms with Crippen molar-refractivity contribution in [1.29, 1.82) is 0 Å². The molecule has 0 aliphatic carbocycles. The average Bonchev–Trinajstić information content (AvgIpc) is 2.89. The summed E-state index contributed by atoms with van der Waals surface area (Å²) < 4.78 is 0. The molecule has 2 heterocycles. The van der Waals surface area contributed by atoms with Crippen LogP contribution in [0, 0.1) is 6.92 Å². The fraction of sp³-hybridized carbons (Fsp3) is 0.615. The number of carbonyl (C=O) groups is 1. The van der Waals surface area contributed by atoms with Gasteiger partial charge < -0.3 is 15.5 Å². The van der Waals surface area contributed by atoms with Crippen LogP contribution in [0.5, 0.6) is 0 Å². The molecule has 2 rings (SSSR count). The number of nitrogens with one attached hydrogen (secondary N) is 2. The maximum absolute atomic E-state index is 11.9. The molecule has 104 valence electrons. The number of nitrogens with zero attached hydrogens (tertiary/aromatic N) is 3. The molecule has 1 unspecified atom stereocenters. The first-order chi connectivity index (χ1) is 9.19. The van der Waals surface area contributed by atoms with Gasteiger partial charge in [0.2, 0.25) is 5.91 Å². The number of hydrogen-bond acceptors (Lipinski definition) is 5. The Bertz CT molecular complexity index is 462. The van der Waals surface area contributed by atoms with E-state index in [0.717, 1.165) is 43.1 Å². The topological polar surface area (TPSA) is 70.2 Å². The largest absolute Gasteiger partial charge is 0.370 e. The molecule has 0 radical (unpaired) electrons. The van der Waals surface area contributed by atoms with Crippen LogP contribution in [0.3, 0.4) is 0 Å². The van der Waals surface area contributed by atoms with Gasteiger partial charge in [0.05, 0.1) is 0 Å². The van der Waals surface area contributed by atoms with E-state index < -0.39 is 0 Å². The fourth-order valence-corrected chi connectivity index (χ4v) is 2.54. The Balaban J connectivity index is 2.30. The molecule has 19 heavy (non-hydrogen) atoms. The molecule has 2 N–H and O–H groups in total. The standard InChI is InChI=1S/C13H21N5O/c1-4-15-11-9(2)12(17-8-16-11)18-7-5-6-10(18)13(19)14-3/h8,10H,4-7H2,1-3H3,(H,14,19)(H,15,16,17). The van der Waals surface area contributed by atoms with Gasteiger partial charge in [-0.25, -0.2) is 9.97 Å². The zero-order valence-electron chi connectivity index (χ0n) is 11.7. The molecule has 1 fully saturated rings. The van der Waals surface area contributed by atoms with Crippen molar-refractivity contribution in [2.75, 3.05) is 30.4 Å². The first-order valence-electron chi connectivity index (χ1n) is 6.72. The lowest BCUT2D eigenvalue weighted by Gasteiger charge is -2.26. The predicted molar refractivity (Wildman–Crippen MR) is 75.4 cm³/mol. The molecule has 1 aromatic rings. The quantitative estimate of drug-likeness (QED) is 0.845. The van der Waals surface area contributed by atoms with E-state index in [0.29, 0.717) is 0 Å². The van der Waals surface area contributed by atoms with E-state index in [1.165, 1.54) is 0 Å². The van der Waals surface area contributed by atoms with Crippen LogP contribution in [0.1, 0.15) is 25.3 Å². The van der Waals surface area contributed by atoms with Crippen LogP contribution in [0.2, 0.25) is 0 Å². The van der Waals surface area contributed by atoms with Crippen LogP contribution >= 0.6 is 0 Å². The minimum Gasteiger partial charge on any atom is -0.370 e. The summed E-state index contributed by atoms with van der Waals surface area (Å²) in [5.74, 6) is 1.76. The van der Waals surface area contributed by atoms with E-state index in [2.05, 4.69) is 25.5 Å². The van der Waals surface area contributed by atoms with Crippen molar-refractivity contribution >= 4 is 17.5 Å². The maximum atomic E-state index is 11.9. The molecule has 0 bridgehead atoms. The van der Waals surface area contributed by atoms with Gasteiger partial charge in [0.1, 0.15) is 24.0 Å². The number of rotatable bonds is 4. The normalized spacial score (nSPS) is 18.5. The van der Waals surface area contributed by atoms with E-state index in [1.807, 2.05) is 13.8 Å². The molecule has 1 amide bonds. The highest BCUT2D eigenvalue weighted by atomic mass is 16.2. The van der Waals surface area contributed by atoms with Gasteiger partial charge in [-0.3, -0.25) is 4.79 Å². The van der Waals surface area contributed by atoms with Gasteiger partial charge in [0.15, 0.2) is 0 Å². The maximum Gasteiger partial charge on any atom is 0.242 e. The summed E-state index contributed by atoms with van der Waals surface area (Å²) in [5, 5.41) is 5.95. The minimum absolute atomic E-state index is 0.0560. The first kappa shape index (κ1) is 13.6. The van der Waals surface area contributed by atoms with Crippen molar-refractivity contribution in [3.63, 3.8) is 0 Å². The van der Waals surface area contributed by atoms with Gasteiger partial charge in [0, 0.05) is 25.7 Å². The third-order valence-corrected chi connectivity index (χ3v) is 3.48. The van der Waals surface area contributed by atoms with Crippen molar-refractivity contribution in [2.45, 2.75) is 32.7 Å². The molecule has 1 aliphatic rings. The van der Waals surface area contributed by atoms with Gasteiger partial charge in [-0.15, -0.1) is 0 Å². The summed E-state index contributed by atoms with van der Waals surface area (Å²) in [7, 11) is 1.68. The highest BCUT2D eigenvalue weighted by molar-refractivity contribution is 5.85. The van der Waals surface area contributed by atoms with Gasteiger partial charge in [-0.2, -0.15) is 0 Å². The molecule has 0 spiro atoms. The van der Waals surface area contributed by atoms with Crippen molar-refractivity contribution in [3.8, 4) is 0 Å². The second-order valence-corrected chi connectivity index (χ2v) is 4.67.